The largest absolute Gasteiger partial charge is 0.354 e. The molecule has 1 amide bonds. The lowest BCUT2D eigenvalue weighted by atomic mass is 9.77. The number of hydrogen-bond donors (Lipinski definition) is 2. The molecule has 100 valence electrons. The predicted octanol–water partition coefficient (Wildman–Crippen LogP) is 1.79. The van der Waals surface area contributed by atoms with Gasteiger partial charge in [-0.1, -0.05) is 12.1 Å². The number of hydrogen-bond acceptors (Lipinski definition) is 2. The summed E-state index contributed by atoms with van der Waals surface area (Å²) in [6.07, 6.45) is 3.17. The summed E-state index contributed by atoms with van der Waals surface area (Å²) in [7, 11) is 0. The quantitative estimate of drug-likeness (QED) is 0.878. The van der Waals surface area contributed by atoms with Gasteiger partial charge in [0.15, 0.2) is 0 Å². The molecule has 2 rings (SSSR count). The number of amides is 1. The molecular formula is C13H18ClFN2O. The van der Waals surface area contributed by atoms with Crippen LogP contribution in [0.2, 0.25) is 0 Å². The van der Waals surface area contributed by atoms with Crippen LogP contribution in [0.5, 0.6) is 0 Å². The van der Waals surface area contributed by atoms with Gasteiger partial charge in [0.1, 0.15) is 5.82 Å². The van der Waals surface area contributed by atoms with E-state index in [2.05, 4.69) is 5.32 Å². The maximum atomic E-state index is 12.9. The summed E-state index contributed by atoms with van der Waals surface area (Å²) in [6, 6.07) is 6.40. The molecule has 1 fully saturated rings. The highest BCUT2D eigenvalue weighted by molar-refractivity contribution is 5.87. The van der Waals surface area contributed by atoms with Gasteiger partial charge in [-0.15, -0.1) is 12.4 Å². The molecule has 5 heteroatoms. The lowest BCUT2D eigenvalue weighted by Gasteiger charge is -2.36. The average molecular weight is 273 g/mol. The number of benzene rings is 1. The van der Waals surface area contributed by atoms with Gasteiger partial charge in [0.05, 0.1) is 5.54 Å². The highest BCUT2D eigenvalue weighted by Gasteiger charge is 2.39. The number of nitrogens with two attached hydrogens (primary N) is 1. The molecule has 1 aliphatic carbocycles. The van der Waals surface area contributed by atoms with Crippen LogP contribution in [-0.2, 0) is 11.2 Å². The summed E-state index contributed by atoms with van der Waals surface area (Å²) in [4.78, 5) is 11.7. The first-order valence-corrected chi connectivity index (χ1v) is 5.92. The van der Waals surface area contributed by atoms with E-state index in [9.17, 15) is 9.18 Å². The maximum Gasteiger partial charge on any atom is 0.240 e. The van der Waals surface area contributed by atoms with E-state index >= 15 is 0 Å². The minimum Gasteiger partial charge on any atom is -0.354 e. The molecule has 1 saturated carbocycles. The van der Waals surface area contributed by atoms with Crippen molar-refractivity contribution in [2.75, 3.05) is 6.54 Å². The van der Waals surface area contributed by atoms with Crippen molar-refractivity contribution < 1.29 is 9.18 Å². The number of rotatable bonds is 4. The molecule has 1 aliphatic rings. The minimum absolute atomic E-state index is 0. The third-order valence-corrected chi connectivity index (χ3v) is 3.29. The molecule has 0 atom stereocenters. The Balaban J connectivity index is 0.00000162. The summed E-state index contributed by atoms with van der Waals surface area (Å²) < 4.78 is 12.9. The number of halogens is 2. The zero-order valence-corrected chi connectivity index (χ0v) is 10.9. The van der Waals surface area contributed by atoms with Crippen molar-refractivity contribution in [2.45, 2.75) is 31.2 Å². The number of carbonyl (C=O) groups excluding carboxylic acids is 1. The van der Waals surface area contributed by atoms with Crippen molar-refractivity contribution >= 4 is 18.3 Å². The summed E-state index contributed by atoms with van der Waals surface area (Å²) in [5.41, 5.74) is 6.11. The lowest BCUT2D eigenvalue weighted by molar-refractivity contribution is -0.129. The maximum absolute atomic E-state index is 12.9. The molecule has 0 radical (unpaired) electrons. The summed E-state index contributed by atoms with van der Waals surface area (Å²) in [6.45, 7) is 0.501. The molecule has 0 bridgehead atoms. The molecule has 0 unspecified atom stereocenters. The second-order valence-corrected chi connectivity index (χ2v) is 4.65. The Morgan fingerprint density at radius 3 is 2.72 bits per heavy atom. The van der Waals surface area contributed by atoms with Crippen LogP contribution in [0.4, 0.5) is 4.39 Å². The standard InChI is InChI=1S/C13H17FN2O.ClH/c14-11-4-1-3-10(9-11)5-8-16-12(17)13(15)6-2-7-13;/h1,3-4,9H,2,5-8,15H2,(H,16,17);1H. The van der Waals surface area contributed by atoms with E-state index in [1.807, 2.05) is 6.07 Å². The van der Waals surface area contributed by atoms with Crippen LogP contribution in [0.1, 0.15) is 24.8 Å². The highest BCUT2D eigenvalue weighted by Crippen LogP contribution is 2.28. The first kappa shape index (κ1) is 14.9. The van der Waals surface area contributed by atoms with Gasteiger partial charge in [-0.3, -0.25) is 4.79 Å². The van der Waals surface area contributed by atoms with E-state index in [0.29, 0.717) is 13.0 Å². The fourth-order valence-corrected chi connectivity index (χ4v) is 1.97. The van der Waals surface area contributed by atoms with Gasteiger partial charge < -0.3 is 11.1 Å². The van der Waals surface area contributed by atoms with Crippen LogP contribution in [0.15, 0.2) is 24.3 Å². The van der Waals surface area contributed by atoms with E-state index in [1.165, 1.54) is 12.1 Å². The number of nitrogens with one attached hydrogen (secondary N) is 1. The van der Waals surface area contributed by atoms with Crippen molar-refractivity contribution in [3.8, 4) is 0 Å². The molecule has 1 aromatic carbocycles. The molecule has 0 aromatic heterocycles. The molecular weight excluding hydrogens is 255 g/mol. The topological polar surface area (TPSA) is 55.1 Å². The van der Waals surface area contributed by atoms with Crippen molar-refractivity contribution in [3.05, 3.63) is 35.6 Å². The van der Waals surface area contributed by atoms with E-state index < -0.39 is 5.54 Å². The first-order valence-electron chi connectivity index (χ1n) is 5.92. The predicted molar refractivity (Wildman–Crippen MR) is 71.1 cm³/mol. The SMILES string of the molecule is Cl.NC1(C(=O)NCCc2cccc(F)c2)CCC1. The molecule has 3 nitrogen and oxygen atoms in total. The van der Waals surface area contributed by atoms with E-state index in [0.717, 1.165) is 24.8 Å². The van der Waals surface area contributed by atoms with Crippen LogP contribution < -0.4 is 11.1 Å². The van der Waals surface area contributed by atoms with Crippen LogP contribution in [0.3, 0.4) is 0 Å². The van der Waals surface area contributed by atoms with E-state index in [1.54, 1.807) is 6.07 Å². The Kier molecular flexibility index (Phi) is 5.11. The average Bonchev–Trinajstić information content (AvgIpc) is 2.26. The minimum atomic E-state index is -0.651. The Bertz CT molecular complexity index is 421. The molecule has 3 N–H and O–H groups in total. The van der Waals surface area contributed by atoms with Gasteiger partial charge in [-0.05, 0) is 43.4 Å². The molecule has 0 aliphatic heterocycles. The van der Waals surface area contributed by atoms with Crippen molar-refractivity contribution in [1.29, 1.82) is 0 Å². The normalized spacial score (nSPS) is 16.3. The van der Waals surface area contributed by atoms with Crippen molar-refractivity contribution in [2.24, 2.45) is 5.73 Å². The highest BCUT2D eigenvalue weighted by atomic mass is 35.5. The fraction of sp³-hybridized carbons (Fsp3) is 0.462. The summed E-state index contributed by atoms with van der Waals surface area (Å²) in [5.74, 6) is -0.330. The molecule has 0 spiro atoms. The Labute approximate surface area is 112 Å². The van der Waals surface area contributed by atoms with E-state index in [-0.39, 0.29) is 24.1 Å². The van der Waals surface area contributed by atoms with Gasteiger partial charge in [0.25, 0.3) is 0 Å². The van der Waals surface area contributed by atoms with Crippen molar-refractivity contribution in [1.82, 2.24) is 5.32 Å². The molecule has 0 saturated heterocycles. The zero-order valence-electron chi connectivity index (χ0n) is 10.1. The van der Waals surface area contributed by atoms with Crippen molar-refractivity contribution in [3.63, 3.8) is 0 Å². The van der Waals surface area contributed by atoms with E-state index in [4.69, 9.17) is 5.73 Å². The smallest absolute Gasteiger partial charge is 0.240 e. The zero-order chi connectivity index (χ0) is 12.3. The van der Waals surface area contributed by atoms with Gasteiger partial charge in [-0.2, -0.15) is 0 Å². The molecule has 18 heavy (non-hydrogen) atoms. The molecule has 1 aromatic rings. The Morgan fingerprint density at radius 1 is 1.44 bits per heavy atom. The summed E-state index contributed by atoms with van der Waals surface area (Å²) in [5, 5.41) is 2.81. The van der Waals surface area contributed by atoms with Gasteiger partial charge in [0, 0.05) is 6.54 Å². The van der Waals surface area contributed by atoms with Crippen LogP contribution >= 0.6 is 12.4 Å². The first-order chi connectivity index (χ1) is 8.10. The summed E-state index contributed by atoms with van der Waals surface area (Å²) >= 11 is 0. The molecule has 0 heterocycles. The Hall–Kier alpha value is -1.13. The van der Waals surface area contributed by atoms with Gasteiger partial charge in [-0.25, -0.2) is 4.39 Å². The van der Waals surface area contributed by atoms with Gasteiger partial charge >= 0.3 is 0 Å². The monoisotopic (exact) mass is 272 g/mol. The van der Waals surface area contributed by atoms with Crippen LogP contribution in [0.25, 0.3) is 0 Å². The second-order valence-electron chi connectivity index (χ2n) is 4.65. The second kappa shape index (κ2) is 6.16. The van der Waals surface area contributed by atoms with Gasteiger partial charge in [0.2, 0.25) is 5.91 Å². The fourth-order valence-electron chi connectivity index (χ4n) is 1.97. The Morgan fingerprint density at radius 2 is 2.17 bits per heavy atom. The third-order valence-electron chi connectivity index (χ3n) is 3.29. The third kappa shape index (κ3) is 3.43. The number of carbonyl (C=O) groups is 1. The lowest BCUT2D eigenvalue weighted by Crippen LogP contribution is -2.58. The van der Waals surface area contributed by atoms with Crippen LogP contribution in [-0.4, -0.2) is 18.0 Å². The van der Waals surface area contributed by atoms with Crippen LogP contribution in [0, 0.1) is 5.82 Å².